The molecule has 0 unspecified atom stereocenters. The number of benzene rings is 1. The highest BCUT2D eigenvalue weighted by molar-refractivity contribution is 9.08. The molecule has 0 atom stereocenters. The number of aromatic nitrogens is 3. The third kappa shape index (κ3) is 2.92. The van der Waals surface area contributed by atoms with Crippen molar-refractivity contribution >= 4 is 21.6 Å². The van der Waals surface area contributed by atoms with Gasteiger partial charge in [-0.15, -0.1) is 10.2 Å². The van der Waals surface area contributed by atoms with E-state index in [1.807, 2.05) is 6.92 Å². The van der Waals surface area contributed by atoms with Gasteiger partial charge in [0.05, 0.1) is 21.9 Å². The average Bonchev–Trinajstić information content (AvgIpc) is 2.84. The zero-order chi connectivity index (χ0) is 15.6. The summed E-state index contributed by atoms with van der Waals surface area (Å²) in [4.78, 5) is 9.81. The number of nitro benzene ring substituents is 1. The molecule has 6 nitrogen and oxygen atoms in total. The Bertz CT molecular complexity index is 690. The van der Waals surface area contributed by atoms with Crippen molar-refractivity contribution < 1.29 is 13.7 Å². The number of nitrogens with zero attached hydrogens (tertiary/aromatic N) is 4. The van der Waals surface area contributed by atoms with Crippen LogP contribution >= 0.6 is 15.9 Å². The summed E-state index contributed by atoms with van der Waals surface area (Å²) in [6.07, 6.45) is 0.726. The van der Waals surface area contributed by atoms with Crippen LogP contribution in [-0.2, 0) is 11.9 Å². The molecule has 0 aliphatic heterocycles. The highest BCUT2D eigenvalue weighted by Crippen LogP contribution is 2.30. The van der Waals surface area contributed by atoms with E-state index in [2.05, 4.69) is 26.1 Å². The van der Waals surface area contributed by atoms with Crippen LogP contribution in [-0.4, -0.2) is 19.7 Å². The molecule has 0 radical (unpaired) electrons. The number of halogens is 3. The fraction of sp³-hybridized carbons (Fsp3) is 0.333. The molecule has 21 heavy (non-hydrogen) atoms. The van der Waals surface area contributed by atoms with Gasteiger partial charge in [-0.1, -0.05) is 22.9 Å². The van der Waals surface area contributed by atoms with Crippen LogP contribution in [0.1, 0.15) is 19.2 Å². The van der Waals surface area contributed by atoms with E-state index in [-0.39, 0.29) is 11.4 Å². The van der Waals surface area contributed by atoms with Crippen LogP contribution in [0.4, 0.5) is 14.5 Å². The number of hydrogen-bond acceptors (Lipinski definition) is 4. The van der Waals surface area contributed by atoms with Gasteiger partial charge in [0, 0.05) is 6.54 Å². The van der Waals surface area contributed by atoms with Crippen molar-refractivity contribution in [2.45, 2.75) is 25.2 Å². The van der Waals surface area contributed by atoms with Crippen molar-refractivity contribution in [2.24, 2.45) is 0 Å². The lowest BCUT2D eigenvalue weighted by atomic mass is 10.1. The molecule has 1 heterocycles. The van der Waals surface area contributed by atoms with Crippen molar-refractivity contribution in [1.82, 2.24) is 14.8 Å². The molecule has 0 saturated carbocycles. The summed E-state index contributed by atoms with van der Waals surface area (Å²) < 4.78 is 29.4. The Morgan fingerprint density at radius 2 is 2.10 bits per heavy atom. The highest BCUT2D eigenvalue weighted by atomic mass is 79.9. The van der Waals surface area contributed by atoms with Crippen molar-refractivity contribution in [3.05, 3.63) is 39.7 Å². The minimum absolute atomic E-state index is 0.0754. The first-order chi connectivity index (χ1) is 9.99. The van der Waals surface area contributed by atoms with E-state index in [1.165, 1.54) is 0 Å². The monoisotopic (exact) mass is 360 g/mol. The van der Waals surface area contributed by atoms with E-state index in [0.717, 1.165) is 12.5 Å². The zero-order valence-corrected chi connectivity index (χ0v) is 12.6. The number of nitro groups is 1. The topological polar surface area (TPSA) is 73.8 Å². The van der Waals surface area contributed by atoms with Crippen LogP contribution in [0.5, 0.6) is 0 Å². The first-order valence-electron chi connectivity index (χ1n) is 6.11. The average molecular weight is 361 g/mol. The smallest absolute Gasteiger partial charge is 0.308 e. The van der Waals surface area contributed by atoms with Crippen molar-refractivity contribution in [1.29, 1.82) is 0 Å². The second-order valence-electron chi connectivity index (χ2n) is 4.27. The van der Waals surface area contributed by atoms with E-state index in [0.29, 0.717) is 23.8 Å². The van der Waals surface area contributed by atoms with Crippen LogP contribution in [0.15, 0.2) is 12.1 Å². The van der Waals surface area contributed by atoms with Crippen LogP contribution in [0.3, 0.4) is 0 Å². The Morgan fingerprint density at radius 1 is 1.38 bits per heavy atom. The van der Waals surface area contributed by atoms with Crippen LogP contribution in [0, 0.1) is 21.7 Å². The molecule has 9 heteroatoms. The molecule has 2 rings (SSSR count). The van der Waals surface area contributed by atoms with E-state index < -0.39 is 22.2 Å². The van der Waals surface area contributed by atoms with Crippen LogP contribution in [0.25, 0.3) is 11.4 Å². The van der Waals surface area contributed by atoms with Gasteiger partial charge in [-0.05, 0) is 12.5 Å². The highest BCUT2D eigenvalue weighted by Gasteiger charge is 2.25. The molecule has 0 fully saturated rings. The van der Waals surface area contributed by atoms with Gasteiger partial charge in [0.2, 0.25) is 5.82 Å². The Morgan fingerprint density at radius 3 is 2.67 bits per heavy atom. The van der Waals surface area contributed by atoms with Crippen molar-refractivity contribution in [3.63, 3.8) is 0 Å². The molecule has 0 aliphatic rings. The summed E-state index contributed by atoms with van der Waals surface area (Å²) >= 11 is 3.24. The lowest BCUT2D eigenvalue weighted by Crippen LogP contribution is -2.06. The Kier molecular flexibility index (Phi) is 4.61. The summed E-state index contributed by atoms with van der Waals surface area (Å²) in [5.41, 5.74) is -1.19. The molecule has 0 aliphatic carbocycles. The molecule has 112 valence electrons. The second-order valence-corrected chi connectivity index (χ2v) is 4.83. The molecule has 1 aromatic heterocycles. The summed E-state index contributed by atoms with van der Waals surface area (Å²) in [6.45, 7) is 2.40. The van der Waals surface area contributed by atoms with Gasteiger partial charge in [0.15, 0.2) is 5.82 Å². The van der Waals surface area contributed by atoms with Gasteiger partial charge in [-0.25, -0.2) is 4.39 Å². The Labute approximate surface area is 127 Å². The molecule has 2 aromatic rings. The van der Waals surface area contributed by atoms with Gasteiger partial charge in [-0.2, -0.15) is 4.39 Å². The molecule has 0 spiro atoms. The summed E-state index contributed by atoms with van der Waals surface area (Å²) in [7, 11) is 0. The minimum atomic E-state index is -1.12. The van der Waals surface area contributed by atoms with Gasteiger partial charge < -0.3 is 4.57 Å². The molecule has 0 bridgehead atoms. The largest absolute Gasteiger partial charge is 0.310 e. The molecular formula is C12H11BrF2N4O2. The molecule has 0 saturated heterocycles. The summed E-state index contributed by atoms with van der Waals surface area (Å²) in [5.74, 6) is -1.40. The normalized spacial score (nSPS) is 10.9. The first kappa shape index (κ1) is 15.5. The van der Waals surface area contributed by atoms with Gasteiger partial charge >= 0.3 is 5.69 Å². The maximum Gasteiger partial charge on any atom is 0.308 e. The second kappa shape index (κ2) is 6.25. The third-order valence-corrected chi connectivity index (χ3v) is 3.35. The molecule has 0 amide bonds. The van der Waals surface area contributed by atoms with Crippen molar-refractivity contribution in [3.8, 4) is 11.4 Å². The maximum atomic E-state index is 14.2. The summed E-state index contributed by atoms with van der Waals surface area (Å²) in [6, 6.07) is 1.43. The number of rotatable bonds is 5. The standard InChI is InChI=1S/C12H11BrF2N4O2/c1-2-3-18-10(6-13)16-17-12(18)8-4-7(14)5-9(11(8)15)19(20)21/h4-5H,2-3,6H2,1H3. The van der Waals surface area contributed by atoms with Gasteiger partial charge in [-0.3, -0.25) is 10.1 Å². The Balaban J connectivity index is 2.67. The predicted molar refractivity (Wildman–Crippen MR) is 75.0 cm³/mol. The maximum absolute atomic E-state index is 14.2. The third-order valence-electron chi connectivity index (χ3n) is 2.85. The Hall–Kier alpha value is -1.90. The molecular weight excluding hydrogens is 350 g/mol. The van der Waals surface area contributed by atoms with E-state index >= 15 is 0 Å². The fourth-order valence-corrected chi connectivity index (χ4v) is 2.38. The number of alkyl halides is 1. The van der Waals surface area contributed by atoms with E-state index in [4.69, 9.17) is 0 Å². The molecule has 1 aromatic carbocycles. The van der Waals surface area contributed by atoms with Crippen LogP contribution in [0.2, 0.25) is 0 Å². The first-order valence-corrected chi connectivity index (χ1v) is 7.23. The van der Waals surface area contributed by atoms with E-state index in [1.54, 1.807) is 4.57 Å². The van der Waals surface area contributed by atoms with E-state index in [9.17, 15) is 18.9 Å². The van der Waals surface area contributed by atoms with Crippen LogP contribution < -0.4 is 0 Å². The lowest BCUT2D eigenvalue weighted by Gasteiger charge is -2.08. The van der Waals surface area contributed by atoms with Gasteiger partial charge in [0.1, 0.15) is 11.6 Å². The number of hydrogen-bond donors (Lipinski definition) is 0. The predicted octanol–water partition coefficient (Wildman–Crippen LogP) is 3.44. The molecule has 0 N–H and O–H groups in total. The SMILES string of the molecule is CCCn1c(CBr)nnc1-c1cc(F)cc([N+](=O)[O-])c1F. The quantitative estimate of drug-likeness (QED) is 0.465. The van der Waals surface area contributed by atoms with Crippen molar-refractivity contribution in [2.75, 3.05) is 0 Å². The zero-order valence-electron chi connectivity index (χ0n) is 11.0. The fourth-order valence-electron chi connectivity index (χ4n) is 1.96. The summed E-state index contributed by atoms with van der Waals surface area (Å²) in [5, 5.41) is 18.9. The lowest BCUT2D eigenvalue weighted by molar-refractivity contribution is -0.387. The minimum Gasteiger partial charge on any atom is -0.310 e. The van der Waals surface area contributed by atoms with Gasteiger partial charge in [0.25, 0.3) is 0 Å².